The molecule has 0 saturated carbocycles. The molecule has 1 aromatic heterocycles. The number of nitrogens with zero attached hydrogens (tertiary/aromatic N) is 2. The number of aromatic nitrogens is 1. The van der Waals surface area contributed by atoms with Gasteiger partial charge < -0.3 is 9.42 Å². The summed E-state index contributed by atoms with van der Waals surface area (Å²) in [6.45, 7) is 4.26. The second kappa shape index (κ2) is 3.49. The smallest absolute Gasteiger partial charge is 0.230 e. The van der Waals surface area contributed by atoms with Crippen LogP contribution in [0.5, 0.6) is 0 Å². The number of amides is 1. The van der Waals surface area contributed by atoms with Crippen molar-refractivity contribution in [3.05, 3.63) is 17.0 Å². The maximum atomic E-state index is 11.4. The standard InChI is InChI=1S/C10H12N2O3/c1-6-9(7(2)15-11-6)5-12-4-8(13)3-10(12)14/h3-5H2,1-2H3. The minimum absolute atomic E-state index is 0.0215. The first-order chi connectivity index (χ1) is 7.08. The van der Waals surface area contributed by atoms with E-state index in [4.69, 9.17) is 4.52 Å². The lowest BCUT2D eigenvalue weighted by molar-refractivity contribution is -0.128. The molecule has 2 heterocycles. The summed E-state index contributed by atoms with van der Waals surface area (Å²) in [4.78, 5) is 24.0. The molecule has 0 unspecified atom stereocenters. The molecule has 1 fully saturated rings. The first-order valence-electron chi connectivity index (χ1n) is 4.79. The molecule has 5 heteroatoms. The van der Waals surface area contributed by atoms with Crippen molar-refractivity contribution in [1.29, 1.82) is 0 Å². The minimum Gasteiger partial charge on any atom is -0.361 e. The van der Waals surface area contributed by atoms with Gasteiger partial charge in [0.1, 0.15) is 5.76 Å². The third kappa shape index (κ3) is 1.77. The highest BCUT2D eigenvalue weighted by molar-refractivity contribution is 6.05. The maximum absolute atomic E-state index is 11.4. The van der Waals surface area contributed by atoms with E-state index >= 15 is 0 Å². The summed E-state index contributed by atoms with van der Waals surface area (Å²) < 4.78 is 4.99. The second-order valence-corrected chi connectivity index (χ2v) is 3.77. The zero-order chi connectivity index (χ0) is 11.0. The van der Waals surface area contributed by atoms with E-state index < -0.39 is 0 Å². The molecule has 0 aromatic carbocycles. The van der Waals surface area contributed by atoms with Crippen molar-refractivity contribution in [3.8, 4) is 0 Å². The topological polar surface area (TPSA) is 63.4 Å². The van der Waals surface area contributed by atoms with Crippen molar-refractivity contribution < 1.29 is 14.1 Å². The van der Waals surface area contributed by atoms with Crippen molar-refractivity contribution in [2.24, 2.45) is 0 Å². The number of carbonyl (C=O) groups excluding carboxylic acids is 2. The van der Waals surface area contributed by atoms with Gasteiger partial charge in [0, 0.05) is 5.56 Å². The number of likely N-dealkylation sites (tertiary alicyclic amines) is 1. The van der Waals surface area contributed by atoms with Gasteiger partial charge in [-0.15, -0.1) is 0 Å². The number of ketones is 1. The normalized spacial score (nSPS) is 16.5. The van der Waals surface area contributed by atoms with E-state index in [0.717, 1.165) is 11.3 Å². The molecule has 1 aliphatic rings. The quantitative estimate of drug-likeness (QED) is 0.667. The monoisotopic (exact) mass is 208 g/mol. The van der Waals surface area contributed by atoms with Crippen LogP contribution in [0.3, 0.4) is 0 Å². The Kier molecular flexibility index (Phi) is 2.30. The van der Waals surface area contributed by atoms with E-state index in [1.54, 1.807) is 6.92 Å². The Balaban J connectivity index is 2.16. The van der Waals surface area contributed by atoms with E-state index in [2.05, 4.69) is 5.16 Å². The summed E-state index contributed by atoms with van der Waals surface area (Å²) in [6, 6.07) is 0. The molecule has 0 aliphatic carbocycles. The van der Waals surface area contributed by atoms with Crippen LogP contribution in [-0.4, -0.2) is 28.3 Å². The lowest BCUT2D eigenvalue weighted by Crippen LogP contribution is -2.25. The summed E-state index contributed by atoms with van der Waals surface area (Å²) >= 11 is 0. The van der Waals surface area contributed by atoms with Gasteiger partial charge in [-0.05, 0) is 13.8 Å². The average molecular weight is 208 g/mol. The Morgan fingerprint density at radius 1 is 1.40 bits per heavy atom. The minimum atomic E-state index is -0.111. The molecule has 1 amide bonds. The molecule has 2 rings (SSSR count). The number of carbonyl (C=O) groups is 2. The van der Waals surface area contributed by atoms with Crippen LogP contribution in [0.1, 0.15) is 23.4 Å². The lowest BCUT2D eigenvalue weighted by atomic mass is 10.2. The molecule has 0 radical (unpaired) electrons. The van der Waals surface area contributed by atoms with Gasteiger partial charge >= 0.3 is 0 Å². The number of hydrogen-bond donors (Lipinski definition) is 0. The van der Waals surface area contributed by atoms with Gasteiger partial charge in [-0.1, -0.05) is 5.16 Å². The fourth-order valence-electron chi connectivity index (χ4n) is 1.70. The first kappa shape index (κ1) is 9.89. The molecule has 0 N–H and O–H groups in total. The predicted molar refractivity (Wildman–Crippen MR) is 51.0 cm³/mol. The highest BCUT2D eigenvalue weighted by atomic mass is 16.5. The van der Waals surface area contributed by atoms with Gasteiger partial charge in [0.15, 0.2) is 5.78 Å². The highest BCUT2D eigenvalue weighted by Gasteiger charge is 2.28. The van der Waals surface area contributed by atoms with Crippen LogP contribution in [-0.2, 0) is 16.1 Å². The van der Waals surface area contributed by atoms with Crippen molar-refractivity contribution in [2.45, 2.75) is 26.8 Å². The van der Waals surface area contributed by atoms with E-state index in [9.17, 15) is 9.59 Å². The Hall–Kier alpha value is -1.65. The zero-order valence-corrected chi connectivity index (χ0v) is 8.74. The largest absolute Gasteiger partial charge is 0.361 e. The van der Waals surface area contributed by atoms with Crippen molar-refractivity contribution in [2.75, 3.05) is 6.54 Å². The second-order valence-electron chi connectivity index (χ2n) is 3.77. The molecule has 0 bridgehead atoms. The van der Waals surface area contributed by atoms with Gasteiger partial charge in [0.2, 0.25) is 5.91 Å². The van der Waals surface area contributed by atoms with Crippen LogP contribution in [0.15, 0.2) is 4.52 Å². The van der Waals surface area contributed by atoms with Crippen molar-refractivity contribution in [1.82, 2.24) is 10.1 Å². The Labute approximate surface area is 87.0 Å². The number of hydrogen-bond acceptors (Lipinski definition) is 4. The van der Waals surface area contributed by atoms with E-state index in [-0.39, 0.29) is 24.7 Å². The fraction of sp³-hybridized carbons (Fsp3) is 0.500. The van der Waals surface area contributed by atoms with E-state index in [0.29, 0.717) is 12.3 Å². The van der Waals surface area contributed by atoms with Gasteiger partial charge in [0.25, 0.3) is 0 Å². The highest BCUT2D eigenvalue weighted by Crippen LogP contribution is 2.17. The maximum Gasteiger partial charge on any atom is 0.230 e. The summed E-state index contributed by atoms with van der Waals surface area (Å²) in [5.74, 6) is 0.575. The van der Waals surface area contributed by atoms with Crippen LogP contribution in [0.2, 0.25) is 0 Å². The van der Waals surface area contributed by atoms with Crippen molar-refractivity contribution in [3.63, 3.8) is 0 Å². The summed E-state index contributed by atoms with van der Waals surface area (Å²) in [6.07, 6.45) is 0.0311. The zero-order valence-electron chi connectivity index (χ0n) is 8.74. The van der Waals surface area contributed by atoms with E-state index in [1.807, 2.05) is 6.92 Å². The Morgan fingerprint density at radius 2 is 2.13 bits per heavy atom. The number of rotatable bonds is 2. The fourth-order valence-corrected chi connectivity index (χ4v) is 1.70. The van der Waals surface area contributed by atoms with Crippen LogP contribution in [0.4, 0.5) is 0 Å². The molecule has 15 heavy (non-hydrogen) atoms. The van der Waals surface area contributed by atoms with Crippen molar-refractivity contribution >= 4 is 11.7 Å². The predicted octanol–water partition coefficient (Wildman–Crippen LogP) is 0.593. The van der Waals surface area contributed by atoms with Crippen LogP contribution in [0.25, 0.3) is 0 Å². The lowest BCUT2D eigenvalue weighted by Gasteiger charge is -2.13. The first-order valence-corrected chi connectivity index (χ1v) is 4.79. The SMILES string of the molecule is Cc1noc(C)c1CN1CC(=O)CC1=O. The molecule has 5 nitrogen and oxygen atoms in total. The Morgan fingerprint density at radius 3 is 2.60 bits per heavy atom. The third-order valence-corrected chi connectivity index (χ3v) is 2.60. The molecule has 80 valence electrons. The van der Waals surface area contributed by atoms with E-state index in [1.165, 1.54) is 4.90 Å². The Bertz CT molecular complexity index is 403. The van der Waals surface area contributed by atoms with Gasteiger partial charge in [-0.2, -0.15) is 0 Å². The van der Waals surface area contributed by atoms with Crippen LogP contribution >= 0.6 is 0 Å². The van der Waals surface area contributed by atoms with Gasteiger partial charge in [-0.3, -0.25) is 9.59 Å². The number of Topliss-reactive ketones (excluding diaryl/α,β-unsaturated/α-hetero) is 1. The molecule has 0 spiro atoms. The molecule has 0 atom stereocenters. The molecule has 1 aliphatic heterocycles. The molecular formula is C10H12N2O3. The summed E-state index contributed by atoms with van der Waals surface area (Å²) in [5, 5.41) is 3.80. The van der Waals surface area contributed by atoms with Crippen LogP contribution in [0, 0.1) is 13.8 Å². The average Bonchev–Trinajstić information content (AvgIpc) is 2.63. The molecule has 1 aromatic rings. The molecular weight excluding hydrogens is 196 g/mol. The summed E-state index contributed by atoms with van der Waals surface area (Å²) in [7, 11) is 0. The van der Waals surface area contributed by atoms with Crippen LogP contribution < -0.4 is 0 Å². The molecule has 1 saturated heterocycles. The third-order valence-electron chi connectivity index (χ3n) is 2.60. The number of aryl methyl sites for hydroxylation is 2. The summed E-state index contributed by atoms with van der Waals surface area (Å²) in [5.41, 5.74) is 1.68. The van der Waals surface area contributed by atoms with Gasteiger partial charge in [-0.25, -0.2) is 0 Å². The van der Waals surface area contributed by atoms with Gasteiger partial charge in [0.05, 0.1) is 25.2 Å².